The van der Waals surface area contributed by atoms with E-state index in [2.05, 4.69) is 13.8 Å². The highest BCUT2D eigenvalue weighted by Crippen LogP contribution is 2.46. The molecule has 4 nitrogen and oxygen atoms in total. The van der Waals surface area contributed by atoms with Gasteiger partial charge in [-0.25, -0.2) is 0 Å². The van der Waals surface area contributed by atoms with Crippen LogP contribution in [0, 0.1) is 5.92 Å². The zero-order valence-electron chi connectivity index (χ0n) is 10.7. The predicted octanol–water partition coefficient (Wildman–Crippen LogP) is 1.66. The van der Waals surface area contributed by atoms with Crippen LogP contribution >= 0.6 is 0 Å². The van der Waals surface area contributed by atoms with Crippen LogP contribution in [0.3, 0.4) is 0 Å². The molecule has 4 heteroatoms. The Morgan fingerprint density at radius 3 is 2.25 bits per heavy atom. The Hall–Kier alpha value is -0.160. The zero-order chi connectivity index (χ0) is 12.1. The first kappa shape index (κ1) is 12.3. The molecule has 0 bridgehead atoms. The molecule has 4 atom stereocenters. The van der Waals surface area contributed by atoms with E-state index in [0.29, 0.717) is 0 Å². The lowest BCUT2D eigenvalue weighted by Gasteiger charge is -2.36. The van der Waals surface area contributed by atoms with Crippen LogP contribution in [0.25, 0.3) is 0 Å². The Balaban J connectivity index is 2.21. The molecule has 0 unspecified atom stereocenters. The molecule has 0 aromatic heterocycles. The lowest BCUT2D eigenvalue weighted by Crippen LogP contribution is -2.48. The molecule has 0 spiro atoms. The van der Waals surface area contributed by atoms with Crippen LogP contribution in [0.1, 0.15) is 41.0 Å². The van der Waals surface area contributed by atoms with E-state index in [1.807, 2.05) is 20.8 Å². The van der Waals surface area contributed by atoms with Crippen molar-refractivity contribution >= 4 is 0 Å². The van der Waals surface area contributed by atoms with Gasteiger partial charge in [-0.2, -0.15) is 0 Å². The molecule has 2 heterocycles. The second kappa shape index (κ2) is 3.67. The maximum absolute atomic E-state index is 10.4. The minimum atomic E-state index is -0.660. The summed E-state index contributed by atoms with van der Waals surface area (Å²) in [5, 5.41) is 10.4. The molecular formula is C12H22O4. The number of fused-ring (bicyclic) bond motifs is 1. The van der Waals surface area contributed by atoms with Crippen LogP contribution in [0.15, 0.2) is 0 Å². The van der Waals surface area contributed by atoms with Crippen molar-refractivity contribution in [1.29, 1.82) is 0 Å². The normalized spacial score (nSPS) is 46.3. The van der Waals surface area contributed by atoms with Gasteiger partial charge in [0.15, 0.2) is 12.1 Å². The van der Waals surface area contributed by atoms with Gasteiger partial charge >= 0.3 is 0 Å². The summed E-state index contributed by atoms with van der Waals surface area (Å²) in [6, 6.07) is 0. The Bertz CT molecular complexity index is 276. The summed E-state index contributed by atoms with van der Waals surface area (Å²) in [7, 11) is 0. The van der Waals surface area contributed by atoms with E-state index in [4.69, 9.17) is 14.2 Å². The molecular weight excluding hydrogens is 208 g/mol. The third-order valence-corrected chi connectivity index (χ3v) is 3.77. The van der Waals surface area contributed by atoms with Gasteiger partial charge in [0.2, 0.25) is 0 Å². The summed E-state index contributed by atoms with van der Waals surface area (Å²) in [6.07, 6.45) is -0.666. The molecule has 0 radical (unpaired) electrons. The van der Waals surface area contributed by atoms with Crippen molar-refractivity contribution in [2.24, 2.45) is 5.92 Å². The predicted molar refractivity (Wildman–Crippen MR) is 58.8 cm³/mol. The maximum Gasteiger partial charge on any atom is 0.190 e. The Morgan fingerprint density at radius 2 is 1.81 bits per heavy atom. The van der Waals surface area contributed by atoms with Crippen LogP contribution in [0.4, 0.5) is 0 Å². The van der Waals surface area contributed by atoms with Crippen LogP contribution < -0.4 is 0 Å². The fraction of sp³-hybridized carbons (Fsp3) is 1.00. The van der Waals surface area contributed by atoms with E-state index in [0.717, 1.165) is 6.42 Å². The van der Waals surface area contributed by atoms with E-state index in [1.54, 1.807) is 0 Å². The molecule has 2 aliphatic heterocycles. The molecule has 2 aliphatic rings. The number of ether oxygens (including phenoxy) is 3. The van der Waals surface area contributed by atoms with Gasteiger partial charge in [-0.3, -0.25) is 0 Å². The van der Waals surface area contributed by atoms with Crippen LogP contribution in [0.5, 0.6) is 0 Å². The Labute approximate surface area is 96.9 Å². The molecule has 0 aromatic rings. The number of aliphatic hydroxyl groups excluding tert-OH is 1. The smallest absolute Gasteiger partial charge is 0.190 e. The van der Waals surface area contributed by atoms with Crippen molar-refractivity contribution in [2.45, 2.75) is 70.9 Å². The standard InChI is InChI=1S/C12H22O4/c1-6-12(7(2)3)9(13)8-10(16-12)15-11(4,5)14-8/h7-10,13H,6H2,1-5H3/t8-,9+,10+,12+/m1/s1. The molecule has 0 aromatic carbocycles. The van der Waals surface area contributed by atoms with Crippen molar-refractivity contribution in [1.82, 2.24) is 0 Å². The number of hydrogen-bond donors (Lipinski definition) is 1. The fourth-order valence-electron chi connectivity index (χ4n) is 2.80. The average molecular weight is 230 g/mol. The van der Waals surface area contributed by atoms with Gasteiger partial charge in [0.25, 0.3) is 0 Å². The molecule has 94 valence electrons. The van der Waals surface area contributed by atoms with Gasteiger partial charge in [-0.1, -0.05) is 20.8 Å². The van der Waals surface area contributed by atoms with Crippen LogP contribution in [-0.4, -0.2) is 35.0 Å². The number of aliphatic hydroxyl groups is 1. The highest BCUT2D eigenvalue weighted by atomic mass is 16.8. The van der Waals surface area contributed by atoms with Crippen molar-refractivity contribution in [3.05, 3.63) is 0 Å². The second-order valence-electron chi connectivity index (χ2n) is 5.49. The summed E-state index contributed by atoms with van der Waals surface area (Å²) in [4.78, 5) is 0. The van der Waals surface area contributed by atoms with E-state index < -0.39 is 23.8 Å². The molecule has 2 fully saturated rings. The van der Waals surface area contributed by atoms with E-state index in [1.165, 1.54) is 0 Å². The van der Waals surface area contributed by atoms with Gasteiger partial charge < -0.3 is 19.3 Å². The number of hydrogen-bond acceptors (Lipinski definition) is 4. The lowest BCUT2D eigenvalue weighted by atomic mass is 9.82. The highest BCUT2D eigenvalue weighted by Gasteiger charge is 2.61. The SMILES string of the molecule is CC[C@@]1(C(C)C)O[C@@H]2OC(C)(C)O[C@@H]2[C@@H]1O. The van der Waals surface area contributed by atoms with Gasteiger partial charge in [0.05, 0.1) is 0 Å². The molecule has 16 heavy (non-hydrogen) atoms. The third kappa shape index (κ3) is 1.59. The molecule has 1 N–H and O–H groups in total. The molecule has 0 aliphatic carbocycles. The Morgan fingerprint density at radius 1 is 1.19 bits per heavy atom. The Kier molecular flexibility index (Phi) is 2.82. The fourth-order valence-corrected chi connectivity index (χ4v) is 2.80. The first-order valence-corrected chi connectivity index (χ1v) is 6.04. The minimum absolute atomic E-state index is 0.230. The van der Waals surface area contributed by atoms with E-state index in [9.17, 15) is 5.11 Å². The van der Waals surface area contributed by atoms with Crippen molar-refractivity contribution < 1.29 is 19.3 Å². The second-order valence-corrected chi connectivity index (χ2v) is 5.49. The summed E-state index contributed by atoms with van der Waals surface area (Å²) < 4.78 is 17.3. The van der Waals surface area contributed by atoms with Crippen molar-refractivity contribution in [3.8, 4) is 0 Å². The van der Waals surface area contributed by atoms with E-state index in [-0.39, 0.29) is 12.0 Å². The van der Waals surface area contributed by atoms with Gasteiger partial charge in [-0.15, -0.1) is 0 Å². The highest BCUT2D eigenvalue weighted by molar-refractivity contribution is 5.04. The summed E-state index contributed by atoms with van der Waals surface area (Å²) >= 11 is 0. The first-order valence-electron chi connectivity index (χ1n) is 6.04. The molecule has 0 amide bonds. The van der Waals surface area contributed by atoms with Gasteiger partial charge in [-0.05, 0) is 26.2 Å². The number of rotatable bonds is 2. The van der Waals surface area contributed by atoms with E-state index >= 15 is 0 Å². The van der Waals surface area contributed by atoms with Crippen LogP contribution in [0.2, 0.25) is 0 Å². The summed E-state index contributed by atoms with van der Waals surface area (Å²) in [6.45, 7) is 9.81. The zero-order valence-corrected chi connectivity index (χ0v) is 10.7. The first-order chi connectivity index (χ1) is 7.32. The quantitative estimate of drug-likeness (QED) is 0.783. The molecule has 0 saturated carbocycles. The van der Waals surface area contributed by atoms with Gasteiger partial charge in [0.1, 0.15) is 17.8 Å². The third-order valence-electron chi connectivity index (χ3n) is 3.77. The lowest BCUT2D eigenvalue weighted by molar-refractivity contribution is -0.249. The van der Waals surface area contributed by atoms with Crippen molar-refractivity contribution in [2.75, 3.05) is 0 Å². The van der Waals surface area contributed by atoms with Crippen LogP contribution in [-0.2, 0) is 14.2 Å². The monoisotopic (exact) mass is 230 g/mol. The summed E-state index contributed by atoms with van der Waals surface area (Å²) in [5.41, 5.74) is -0.536. The summed E-state index contributed by atoms with van der Waals surface area (Å²) in [5.74, 6) is -0.430. The topological polar surface area (TPSA) is 47.9 Å². The molecule has 2 rings (SSSR count). The average Bonchev–Trinajstić information content (AvgIpc) is 2.59. The maximum atomic E-state index is 10.4. The van der Waals surface area contributed by atoms with Crippen molar-refractivity contribution in [3.63, 3.8) is 0 Å². The molecule has 2 saturated heterocycles. The minimum Gasteiger partial charge on any atom is -0.387 e. The largest absolute Gasteiger partial charge is 0.387 e. The van der Waals surface area contributed by atoms with Gasteiger partial charge in [0, 0.05) is 0 Å².